The molecule has 6 heteroatoms. The van der Waals surface area contributed by atoms with Gasteiger partial charge < -0.3 is 5.32 Å². The molecule has 0 saturated heterocycles. The first-order valence-electron chi connectivity index (χ1n) is 7.00. The summed E-state index contributed by atoms with van der Waals surface area (Å²) in [6.07, 6.45) is 1.62. The number of hydrogen-bond acceptors (Lipinski definition) is 4. The molecular formula is C18H11Cl2N3S. The Morgan fingerprint density at radius 2 is 1.92 bits per heavy atom. The first-order valence-corrected chi connectivity index (χ1v) is 8.64. The fourth-order valence-electron chi connectivity index (χ4n) is 2.02. The molecule has 0 radical (unpaired) electrons. The normalized spacial score (nSPS) is 11.1. The maximum absolute atomic E-state index is 9.40. The van der Waals surface area contributed by atoms with Crippen molar-refractivity contribution in [3.05, 3.63) is 75.2 Å². The Bertz CT molecular complexity index is 927. The zero-order valence-corrected chi connectivity index (χ0v) is 14.7. The topological polar surface area (TPSA) is 48.7 Å². The molecule has 3 aromatic rings. The van der Waals surface area contributed by atoms with Gasteiger partial charge in [0.25, 0.3) is 0 Å². The summed E-state index contributed by atoms with van der Waals surface area (Å²) in [4.78, 5) is 4.54. The summed E-state index contributed by atoms with van der Waals surface area (Å²) in [6.45, 7) is 0. The maximum atomic E-state index is 9.40. The quantitative estimate of drug-likeness (QED) is 0.564. The van der Waals surface area contributed by atoms with Gasteiger partial charge in [-0.05, 0) is 18.2 Å². The molecule has 3 rings (SSSR count). The highest BCUT2D eigenvalue weighted by Gasteiger charge is 2.09. The van der Waals surface area contributed by atoms with Gasteiger partial charge in [0.1, 0.15) is 16.6 Å². The predicted molar refractivity (Wildman–Crippen MR) is 101 cm³/mol. The predicted octanol–water partition coefficient (Wildman–Crippen LogP) is 6.09. The largest absolute Gasteiger partial charge is 0.360 e. The molecular weight excluding hydrogens is 361 g/mol. The molecule has 2 aromatic carbocycles. The Morgan fingerprint density at radius 1 is 1.12 bits per heavy atom. The molecule has 0 saturated carbocycles. The van der Waals surface area contributed by atoms with E-state index in [4.69, 9.17) is 23.2 Å². The van der Waals surface area contributed by atoms with Crippen LogP contribution in [0.25, 0.3) is 16.8 Å². The minimum absolute atomic E-state index is 0.452. The summed E-state index contributed by atoms with van der Waals surface area (Å²) in [7, 11) is 0. The van der Waals surface area contributed by atoms with Crippen molar-refractivity contribution in [1.29, 1.82) is 5.26 Å². The molecule has 0 aliphatic rings. The lowest BCUT2D eigenvalue weighted by molar-refractivity contribution is 1.36. The number of thiazole rings is 1. The number of aromatic nitrogens is 1. The van der Waals surface area contributed by atoms with Crippen molar-refractivity contribution in [2.75, 3.05) is 5.32 Å². The summed E-state index contributed by atoms with van der Waals surface area (Å²) in [5, 5.41) is 16.0. The fraction of sp³-hybridized carbons (Fsp3) is 0. The molecule has 0 spiro atoms. The number of rotatable bonds is 4. The van der Waals surface area contributed by atoms with Gasteiger partial charge in [0.05, 0.1) is 15.7 Å². The van der Waals surface area contributed by atoms with Crippen molar-refractivity contribution < 1.29 is 0 Å². The van der Waals surface area contributed by atoms with Crippen molar-refractivity contribution in [2.24, 2.45) is 0 Å². The van der Waals surface area contributed by atoms with E-state index in [1.54, 1.807) is 24.4 Å². The second-order valence-electron chi connectivity index (χ2n) is 4.85. The molecule has 0 atom stereocenters. The van der Waals surface area contributed by atoms with Crippen LogP contribution in [-0.2, 0) is 0 Å². The number of nitrogens with zero attached hydrogens (tertiary/aromatic N) is 2. The highest BCUT2D eigenvalue weighted by atomic mass is 35.5. The van der Waals surface area contributed by atoms with Gasteiger partial charge >= 0.3 is 0 Å². The molecule has 3 nitrogen and oxygen atoms in total. The molecule has 1 aromatic heterocycles. The van der Waals surface area contributed by atoms with E-state index in [1.807, 2.05) is 35.7 Å². The van der Waals surface area contributed by atoms with Gasteiger partial charge in [0.2, 0.25) is 0 Å². The third-order valence-electron chi connectivity index (χ3n) is 3.23. The highest BCUT2D eigenvalue weighted by molar-refractivity contribution is 7.11. The molecule has 0 unspecified atom stereocenters. The van der Waals surface area contributed by atoms with E-state index < -0.39 is 0 Å². The molecule has 1 N–H and O–H groups in total. The Hall–Kier alpha value is -2.32. The second-order valence-corrected chi connectivity index (χ2v) is 6.52. The van der Waals surface area contributed by atoms with E-state index in [9.17, 15) is 5.26 Å². The van der Waals surface area contributed by atoms with Gasteiger partial charge in [0, 0.05) is 22.8 Å². The van der Waals surface area contributed by atoms with Crippen molar-refractivity contribution in [3.8, 4) is 17.3 Å². The first-order chi connectivity index (χ1) is 11.7. The van der Waals surface area contributed by atoms with Crippen molar-refractivity contribution >= 4 is 45.8 Å². The number of anilines is 1. The van der Waals surface area contributed by atoms with Crippen LogP contribution < -0.4 is 5.32 Å². The van der Waals surface area contributed by atoms with Crippen LogP contribution in [0.15, 0.2) is 60.1 Å². The SMILES string of the molecule is N#C/C(=C\Nc1ccc(Cl)c(Cl)c1)c1nc(-c2ccccc2)cs1. The van der Waals surface area contributed by atoms with Crippen molar-refractivity contribution in [3.63, 3.8) is 0 Å². The molecule has 118 valence electrons. The molecule has 1 heterocycles. The van der Waals surface area contributed by atoms with Crippen LogP contribution in [0.4, 0.5) is 5.69 Å². The Labute approximate surface area is 153 Å². The Morgan fingerprint density at radius 3 is 2.62 bits per heavy atom. The number of hydrogen-bond donors (Lipinski definition) is 1. The van der Waals surface area contributed by atoms with Gasteiger partial charge in [-0.3, -0.25) is 0 Å². The van der Waals surface area contributed by atoms with Gasteiger partial charge in [-0.25, -0.2) is 4.98 Å². The molecule has 0 bridgehead atoms. The molecule has 0 amide bonds. The monoisotopic (exact) mass is 371 g/mol. The molecule has 0 aliphatic heterocycles. The van der Waals surface area contributed by atoms with Crippen LogP contribution in [0.3, 0.4) is 0 Å². The van der Waals surface area contributed by atoms with Gasteiger partial charge in [-0.2, -0.15) is 5.26 Å². The van der Waals surface area contributed by atoms with Gasteiger partial charge in [-0.15, -0.1) is 11.3 Å². The second kappa shape index (κ2) is 7.50. The number of benzene rings is 2. The summed E-state index contributed by atoms with van der Waals surface area (Å²) >= 11 is 13.3. The summed E-state index contributed by atoms with van der Waals surface area (Å²) < 4.78 is 0. The van der Waals surface area contributed by atoms with E-state index in [1.165, 1.54) is 11.3 Å². The standard InChI is InChI=1S/C18H11Cl2N3S/c19-15-7-6-14(8-16(15)20)22-10-13(9-21)18-23-17(11-24-18)12-4-2-1-3-5-12/h1-8,10-11,22H/b13-10+. The average Bonchev–Trinajstić information content (AvgIpc) is 3.09. The Kier molecular flexibility index (Phi) is 5.17. The minimum atomic E-state index is 0.452. The molecule has 0 aliphatic carbocycles. The lowest BCUT2D eigenvalue weighted by Crippen LogP contribution is -1.91. The fourth-order valence-corrected chi connectivity index (χ4v) is 3.11. The zero-order chi connectivity index (χ0) is 16.9. The maximum Gasteiger partial charge on any atom is 0.136 e. The van der Waals surface area contributed by atoms with Crippen molar-refractivity contribution in [1.82, 2.24) is 4.98 Å². The van der Waals surface area contributed by atoms with E-state index in [0.717, 1.165) is 16.9 Å². The number of nitrogens with one attached hydrogen (secondary N) is 1. The zero-order valence-electron chi connectivity index (χ0n) is 12.3. The minimum Gasteiger partial charge on any atom is -0.360 e. The van der Waals surface area contributed by atoms with E-state index in [-0.39, 0.29) is 0 Å². The smallest absolute Gasteiger partial charge is 0.136 e. The number of halogens is 2. The van der Waals surface area contributed by atoms with Gasteiger partial charge in [0.15, 0.2) is 0 Å². The molecule has 0 fully saturated rings. The number of allylic oxidation sites excluding steroid dienone is 1. The van der Waals surface area contributed by atoms with Crippen LogP contribution in [0.1, 0.15) is 5.01 Å². The van der Waals surface area contributed by atoms with Crippen LogP contribution in [0.5, 0.6) is 0 Å². The van der Waals surface area contributed by atoms with Crippen LogP contribution >= 0.6 is 34.5 Å². The lowest BCUT2D eigenvalue weighted by Gasteiger charge is -2.03. The van der Waals surface area contributed by atoms with Crippen LogP contribution in [0, 0.1) is 11.3 Å². The van der Waals surface area contributed by atoms with E-state index in [2.05, 4.69) is 16.4 Å². The third-order valence-corrected chi connectivity index (χ3v) is 4.84. The van der Waals surface area contributed by atoms with Gasteiger partial charge in [-0.1, -0.05) is 53.5 Å². The summed E-state index contributed by atoms with van der Waals surface area (Å²) in [6, 6.07) is 17.2. The average molecular weight is 372 g/mol. The lowest BCUT2D eigenvalue weighted by atomic mass is 10.2. The van der Waals surface area contributed by atoms with E-state index in [0.29, 0.717) is 20.6 Å². The Balaban J connectivity index is 1.82. The van der Waals surface area contributed by atoms with E-state index >= 15 is 0 Å². The van der Waals surface area contributed by atoms with Crippen LogP contribution in [-0.4, -0.2) is 4.98 Å². The number of nitriles is 1. The third kappa shape index (κ3) is 3.77. The summed E-state index contributed by atoms with van der Waals surface area (Å²) in [5.41, 5.74) is 3.08. The highest BCUT2D eigenvalue weighted by Crippen LogP contribution is 2.27. The van der Waals surface area contributed by atoms with Crippen molar-refractivity contribution in [2.45, 2.75) is 0 Å². The van der Waals surface area contributed by atoms with Crippen LogP contribution in [0.2, 0.25) is 10.0 Å². The molecule has 24 heavy (non-hydrogen) atoms. The first kappa shape index (κ1) is 16.5. The summed E-state index contributed by atoms with van der Waals surface area (Å²) in [5.74, 6) is 0.